The van der Waals surface area contributed by atoms with Gasteiger partial charge in [0, 0.05) is 23.7 Å². The summed E-state index contributed by atoms with van der Waals surface area (Å²) in [4.78, 5) is 24.1. The zero-order chi connectivity index (χ0) is 25.7. The minimum absolute atomic E-state index is 0.207. The molecule has 1 atom stereocenters. The minimum Gasteiger partial charge on any atom is -0.493 e. The molecule has 0 bridgehead atoms. The van der Waals surface area contributed by atoms with Crippen molar-refractivity contribution in [2.45, 2.75) is 18.8 Å². The highest BCUT2D eigenvalue weighted by atomic mass is 35.5. The highest BCUT2D eigenvalue weighted by Crippen LogP contribution is 2.41. The van der Waals surface area contributed by atoms with E-state index < -0.39 is 11.9 Å². The first-order valence-corrected chi connectivity index (χ1v) is 11.7. The Morgan fingerprint density at radius 2 is 1.78 bits per heavy atom. The Morgan fingerprint density at radius 3 is 2.47 bits per heavy atom. The van der Waals surface area contributed by atoms with Crippen LogP contribution in [0, 0.1) is 0 Å². The van der Waals surface area contributed by atoms with E-state index in [0.29, 0.717) is 65.9 Å². The molecule has 1 amide bonds. The van der Waals surface area contributed by atoms with Crippen LogP contribution in [0.5, 0.6) is 28.7 Å². The van der Waals surface area contributed by atoms with Crippen LogP contribution in [0.4, 0.5) is 0 Å². The third-order valence-electron chi connectivity index (χ3n) is 5.89. The van der Waals surface area contributed by atoms with Crippen molar-refractivity contribution in [3.63, 3.8) is 0 Å². The lowest BCUT2D eigenvalue weighted by Crippen LogP contribution is -2.25. The van der Waals surface area contributed by atoms with Crippen molar-refractivity contribution in [2.24, 2.45) is 0 Å². The topological polar surface area (TPSA) is 103 Å². The summed E-state index contributed by atoms with van der Waals surface area (Å²) in [5.74, 6) is 0.774. The molecule has 0 saturated heterocycles. The molecule has 3 aromatic carbocycles. The molecule has 0 saturated carbocycles. The second-order valence-corrected chi connectivity index (χ2v) is 8.58. The summed E-state index contributed by atoms with van der Waals surface area (Å²) >= 11 is 6.35. The molecular formula is C27H26ClNO7. The van der Waals surface area contributed by atoms with Gasteiger partial charge in [-0.1, -0.05) is 17.7 Å². The third kappa shape index (κ3) is 5.66. The van der Waals surface area contributed by atoms with E-state index in [9.17, 15) is 14.7 Å². The van der Waals surface area contributed by atoms with Gasteiger partial charge in [-0.25, -0.2) is 0 Å². The van der Waals surface area contributed by atoms with E-state index in [2.05, 4.69) is 5.32 Å². The first-order valence-electron chi connectivity index (χ1n) is 11.4. The Kier molecular flexibility index (Phi) is 7.85. The van der Waals surface area contributed by atoms with Gasteiger partial charge in [0.05, 0.1) is 31.8 Å². The lowest BCUT2D eigenvalue weighted by atomic mass is 9.93. The second kappa shape index (κ2) is 11.2. The van der Waals surface area contributed by atoms with Crippen molar-refractivity contribution >= 4 is 23.5 Å². The van der Waals surface area contributed by atoms with Gasteiger partial charge in [-0.05, 0) is 60.9 Å². The number of carboxylic acid groups (broad SMARTS) is 1. The predicted octanol–water partition coefficient (Wildman–Crippen LogP) is 5.07. The fourth-order valence-corrected chi connectivity index (χ4v) is 4.19. The largest absolute Gasteiger partial charge is 0.493 e. The zero-order valence-electron chi connectivity index (χ0n) is 19.9. The van der Waals surface area contributed by atoms with Crippen LogP contribution in [-0.2, 0) is 11.2 Å². The molecule has 0 spiro atoms. The minimum atomic E-state index is -0.915. The number of methoxy groups -OCH3 is 2. The van der Waals surface area contributed by atoms with Gasteiger partial charge < -0.3 is 29.4 Å². The number of ether oxygens (including phenoxy) is 4. The lowest BCUT2D eigenvalue weighted by molar-refractivity contribution is -0.139. The molecule has 1 aliphatic rings. The number of benzene rings is 3. The number of carbonyl (C=O) groups excluding carboxylic acids is 1. The van der Waals surface area contributed by atoms with Crippen molar-refractivity contribution in [3.8, 4) is 28.7 Å². The molecule has 0 aliphatic carbocycles. The SMILES string of the molecule is COc1ccc(CCNC(=O)c2ccc(Oc3cc4c(cc3Cl)C(C(=O)O)CCO4)cc2)cc1OC. The first kappa shape index (κ1) is 25.2. The summed E-state index contributed by atoms with van der Waals surface area (Å²) in [5, 5.41) is 12.6. The van der Waals surface area contributed by atoms with Crippen LogP contribution in [0.2, 0.25) is 5.02 Å². The fraction of sp³-hybridized carbons (Fsp3) is 0.259. The number of amides is 1. The van der Waals surface area contributed by atoms with E-state index >= 15 is 0 Å². The van der Waals surface area contributed by atoms with Crippen molar-refractivity contribution in [3.05, 3.63) is 76.3 Å². The Balaban J connectivity index is 1.36. The maximum Gasteiger partial charge on any atom is 0.311 e. The summed E-state index contributed by atoms with van der Waals surface area (Å²) in [7, 11) is 3.17. The Morgan fingerprint density at radius 1 is 1.03 bits per heavy atom. The van der Waals surface area contributed by atoms with Crippen molar-refractivity contribution in [1.29, 1.82) is 0 Å². The summed E-state index contributed by atoms with van der Waals surface area (Å²) in [6, 6.07) is 15.5. The number of carbonyl (C=O) groups is 2. The molecule has 36 heavy (non-hydrogen) atoms. The molecule has 8 nitrogen and oxygen atoms in total. The quantitative estimate of drug-likeness (QED) is 0.413. The molecule has 188 valence electrons. The van der Waals surface area contributed by atoms with Crippen molar-refractivity contribution in [2.75, 3.05) is 27.4 Å². The van der Waals surface area contributed by atoms with Crippen molar-refractivity contribution in [1.82, 2.24) is 5.32 Å². The molecule has 1 unspecified atom stereocenters. The van der Waals surface area contributed by atoms with Crippen molar-refractivity contribution < 1.29 is 33.6 Å². The van der Waals surface area contributed by atoms with Gasteiger partial charge in [0.25, 0.3) is 5.91 Å². The molecule has 4 rings (SSSR count). The smallest absolute Gasteiger partial charge is 0.311 e. The number of aliphatic carboxylic acids is 1. The average molecular weight is 512 g/mol. The highest BCUT2D eigenvalue weighted by molar-refractivity contribution is 6.32. The second-order valence-electron chi connectivity index (χ2n) is 8.17. The lowest BCUT2D eigenvalue weighted by Gasteiger charge is -2.24. The molecule has 1 aliphatic heterocycles. The van der Waals surface area contributed by atoms with Gasteiger partial charge in [-0.2, -0.15) is 0 Å². The van der Waals surface area contributed by atoms with Gasteiger partial charge in [0.15, 0.2) is 11.5 Å². The van der Waals surface area contributed by atoms with E-state index in [1.165, 1.54) is 0 Å². The predicted molar refractivity (Wildman–Crippen MR) is 134 cm³/mol. The summed E-state index contributed by atoms with van der Waals surface area (Å²) < 4.78 is 22.0. The Hall–Kier alpha value is -3.91. The van der Waals surface area contributed by atoms with E-state index in [1.54, 1.807) is 50.6 Å². The van der Waals surface area contributed by atoms with E-state index in [0.717, 1.165) is 5.56 Å². The van der Waals surface area contributed by atoms with Gasteiger partial charge in [-0.3, -0.25) is 9.59 Å². The van der Waals surface area contributed by atoms with Crippen LogP contribution >= 0.6 is 11.6 Å². The van der Waals surface area contributed by atoms with Crippen LogP contribution in [-0.4, -0.2) is 44.4 Å². The maximum atomic E-state index is 12.5. The number of halogens is 1. The number of nitrogens with one attached hydrogen (secondary N) is 1. The Labute approximate surface area is 213 Å². The molecule has 0 radical (unpaired) electrons. The number of hydrogen-bond acceptors (Lipinski definition) is 6. The monoisotopic (exact) mass is 511 g/mol. The Bertz CT molecular complexity index is 1260. The number of fused-ring (bicyclic) bond motifs is 1. The molecule has 9 heteroatoms. The van der Waals surface area contributed by atoms with Gasteiger partial charge in [0.1, 0.15) is 17.2 Å². The van der Waals surface area contributed by atoms with Crippen LogP contribution in [0.3, 0.4) is 0 Å². The third-order valence-corrected chi connectivity index (χ3v) is 6.19. The summed E-state index contributed by atoms with van der Waals surface area (Å²) in [6.07, 6.45) is 1.02. The molecular weight excluding hydrogens is 486 g/mol. The van der Waals surface area contributed by atoms with Crippen LogP contribution in [0.25, 0.3) is 0 Å². The summed E-state index contributed by atoms with van der Waals surface area (Å²) in [5.41, 5.74) is 2.03. The van der Waals surface area contributed by atoms with Crippen LogP contribution in [0.1, 0.15) is 33.8 Å². The molecule has 0 aromatic heterocycles. The highest BCUT2D eigenvalue weighted by Gasteiger charge is 2.29. The maximum absolute atomic E-state index is 12.5. The standard InChI is InChI=1S/C27H26ClNO7/c1-33-22-8-3-16(13-25(22)34-2)9-11-29-26(30)17-4-6-18(7-5-17)36-24-15-23-20(14-21(24)28)19(27(31)32)10-12-35-23/h3-8,13-15,19H,9-12H2,1-2H3,(H,29,30)(H,31,32). The number of rotatable bonds is 9. The summed E-state index contributed by atoms with van der Waals surface area (Å²) in [6.45, 7) is 0.759. The first-order chi connectivity index (χ1) is 17.4. The van der Waals surface area contributed by atoms with E-state index in [1.807, 2.05) is 18.2 Å². The zero-order valence-corrected chi connectivity index (χ0v) is 20.6. The number of hydrogen-bond donors (Lipinski definition) is 2. The van der Waals surface area contributed by atoms with E-state index in [-0.39, 0.29) is 10.9 Å². The molecule has 0 fully saturated rings. The van der Waals surface area contributed by atoms with Gasteiger partial charge >= 0.3 is 5.97 Å². The van der Waals surface area contributed by atoms with Crippen LogP contribution < -0.4 is 24.3 Å². The normalized spacial score (nSPS) is 14.2. The van der Waals surface area contributed by atoms with Gasteiger partial charge in [0.2, 0.25) is 0 Å². The van der Waals surface area contributed by atoms with Gasteiger partial charge in [-0.15, -0.1) is 0 Å². The average Bonchev–Trinajstić information content (AvgIpc) is 2.89. The fourth-order valence-electron chi connectivity index (χ4n) is 3.98. The molecule has 3 aromatic rings. The molecule has 1 heterocycles. The number of carboxylic acids is 1. The van der Waals surface area contributed by atoms with Crippen LogP contribution in [0.15, 0.2) is 54.6 Å². The molecule has 2 N–H and O–H groups in total. The van der Waals surface area contributed by atoms with E-state index in [4.69, 9.17) is 30.5 Å².